The molecule has 1 aliphatic heterocycles. The van der Waals surface area contributed by atoms with Gasteiger partial charge >= 0.3 is 0 Å². The molecule has 1 fully saturated rings. The molecule has 0 saturated carbocycles. The molecular weight excluding hydrogens is 450 g/mol. The second-order valence-corrected chi connectivity index (χ2v) is 9.90. The van der Waals surface area contributed by atoms with E-state index in [2.05, 4.69) is 30.9 Å². The van der Waals surface area contributed by atoms with E-state index in [4.69, 9.17) is 14.2 Å². The first-order chi connectivity index (χ1) is 17.5. The molecule has 4 rings (SSSR count). The van der Waals surface area contributed by atoms with Gasteiger partial charge in [0.25, 0.3) is 0 Å². The highest BCUT2D eigenvalue weighted by Crippen LogP contribution is 2.46. The lowest BCUT2D eigenvalue weighted by Crippen LogP contribution is -2.45. The predicted molar refractivity (Wildman–Crippen MR) is 144 cm³/mol. The van der Waals surface area contributed by atoms with Crippen LogP contribution in [-0.2, 0) is 10.3 Å². The van der Waals surface area contributed by atoms with Gasteiger partial charge in [-0.15, -0.1) is 0 Å². The summed E-state index contributed by atoms with van der Waals surface area (Å²) in [5, 5.41) is 12.9. The van der Waals surface area contributed by atoms with E-state index in [0.717, 1.165) is 42.0 Å². The van der Waals surface area contributed by atoms with E-state index >= 15 is 0 Å². The maximum Gasteiger partial charge on any atom is 0.126 e. The summed E-state index contributed by atoms with van der Waals surface area (Å²) >= 11 is 0. The number of hydrogen-bond donors (Lipinski definition) is 1. The van der Waals surface area contributed by atoms with E-state index in [1.165, 1.54) is 0 Å². The highest BCUT2D eigenvalue weighted by atomic mass is 16.5. The largest absolute Gasteiger partial charge is 0.496 e. The smallest absolute Gasteiger partial charge is 0.126 e. The van der Waals surface area contributed by atoms with Gasteiger partial charge in [0.05, 0.1) is 26.9 Å². The Labute approximate surface area is 215 Å². The van der Waals surface area contributed by atoms with Crippen molar-refractivity contribution >= 4 is 0 Å². The van der Waals surface area contributed by atoms with Gasteiger partial charge < -0.3 is 19.3 Å². The highest BCUT2D eigenvalue weighted by Gasteiger charge is 2.44. The van der Waals surface area contributed by atoms with Crippen molar-refractivity contribution in [3.05, 3.63) is 95.6 Å². The molecule has 5 heteroatoms. The fourth-order valence-corrected chi connectivity index (χ4v) is 4.93. The molecule has 0 radical (unpaired) electrons. The van der Waals surface area contributed by atoms with Crippen molar-refractivity contribution in [2.24, 2.45) is 5.92 Å². The number of morpholine rings is 1. The Morgan fingerprint density at radius 2 is 1.58 bits per heavy atom. The number of aliphatic hydroxyl groups is 1. The third kappa shape index (κ3) is 6.09. The predicted octanol–water partition coefficient (Wildman–Crippen LogP) is 5.47. The molecule has 1 saturated heterocycles. The molecule has 3 aromatic carbocycles. The topological polar surface area (TPSA) is 51.2 Å². The van der Waals surface area contributed by atoms with Crippen molar-refractivity contribution in [2.45, 2.75) is 31.8 Å². The van der Waals surface area contributed by atoms with E-state index in [9.17, 15) is 5.11 Å². The van der Waals surface area contributed by atoms with E-state index in [1.807, 2.05) is 66.7 Å². The number of ether oxygens (including phenoxy) is 3. The highest BCUT2D eigenvalue weighted by molar-refractivity contribution is 5.49. The lowest BCUT2D eigenvalue weighted by atomic mass is 9.72. The van der Waals surface area contributed by atoms with Crippen LogP contribution >= 0.6 is 0 Å². The second kappa shape index (κ2) is 12.4. The molecule has 2 unspecified atom stereocenters. The van der Waals surface area contributed by atoms with E-state index in [0.29, 0.717) is 38.0 Å². The van der Waals surface area contributed by atoms with Gasteiger partial charge in [-0.05, 0) is 41.7 Å². The summed E-state index contributed by atoms with van der Waals surface area (Å²) in [5.74, 6) is 1.83. The van der Waals surface area contributed by atoms with Gasteiger partial charge in [-0.1, -0.05) is 74.5 Å². The second-order valence-electron chi connectivity index (χ2n) is 9.90. The summed E-state index contributed by atoms with van der Waals surface area (Å²) < 4.78 is 17.3. The zero-order valence-corrected chi connectivity index (χ0v) is 21.7. The summed E-state index contributed by atoms with van der Waals surface area (Å²) in [6, 6.07) is 26.0. The minimum absolute atomic E-state index is 0.235. The van der Waals surface area contributed by atoms with Gasteiger partial charge in [0, 0.05) is 31.1 Å². The summed E-state index contributed by atoms with van der Waals surface area (Å²) in [5.41, 5.74) is 1.31. The van der Waals surface area contributed by atoms with Crippen LogP contribution in [0, 0.1) is 5.92 Å². The maximum absolute atomic E-state index is 12.9. The van der Waals surface area contributed by atoms with E-state index in [1.54, 1.807) is 7.11 Å². The Hall–Kier alpha value is -2.86. The summed E-state index contributed by atoms with van der Waals surface area (Å²) in [4.78, 5) is 2.38. The van der Waals surface area contributed by atoms with Gasteiger partial charge in [0.2, 0.25) is 0 Å². The van der Waals surface area contributed by atoms with Crippen LogP contribution in [0.2, 0.25) is 0 Å². The molecule has 5 nitrogen and oxygen atoms in total. The molecule has 1 aliphatic rings. The van der Waals surface area contributed by atoms with Gasteiger partial charge in [0.1, 0.15) is 17.1 Å². The van der Waals surface area contributed by atoms with Gasteiger partial charge in [-0.25, -0.2) is 0 Å². The quantitative estimate of drug-likeness (QED) is 0.387. The van der Waals surface area contributed by atoms with Crippen LogP contribution in [0.4, 0.5) is 0 Å². The third-order valence-corrected chi connectivity index (χ3v) is 7.03. The molecule has 192 valence electrons. The standard InChI is InChI=1S/C31H39NO4/c1-24(2)17-20-36-27-15-13-26(14-16-27)31(33,28-11-7-8-12-30(28)34-3)29(25-9-5-4-6-10-25)23-32-18-21-35-22-19-32/h4-16,24,29,33H,17-23H2,1-3H3. The van der Waals surface area contributed by atoms with Crippen LogP contribution in [-0.4, -0.2) is 56.6 Å². The Kier molecular flexibility index (Phi) is 9.03. The summed E-state index contributed by atoms with van der Waals surface area (Å²) in [7, 11) is 1.66. The number of benzene rings is 3. The van der Waals surface area contributed by atoms with Crippen LogP contribution < -0.4 is 9.47 Å². The summed E-state index contributed by atoms with van der Waals surface area (Å²) in [6.07, 6.45) is 1.00. The average Bonchev–Trinajstić information content (AvgIpc) is 2.92. The molecule has 0 aliphatic carbocycles. The first-order valence-electron chi connectivity index (χ1n) is 13.0. The molecular formula is C31H39NO4. The molecule has 0 spiro atoms. The number of hydrogen-bond acceptors (Lipinski definition) is 5. The monoisotopic (exact) mass is 489 g/mol. The molecule has 0 aromatic heterocycles. The first kappa shape index (κ1) is 26.2. The zero-order valence-electron chi connectivity index (χ0n) is 21.7. The molecule has 2 atom stereocenters. The van der Waals surface area contributed by atoms with E-state index < -0.39 is 5.60 Å². The fraction of sp³-hybridized carbons (Fsp3) is 0.419. The SMILES string of the molecule is COc1ccccc1C(O)(c1ccc(OCCC(C)C)cc1)C(CN1CCOCC1)c1ccccc1. The normalized spacial score (nSPS) is 16.9. The maximum atomic E-state index is 12.9. The fourth-order valence-electron chi connectivity index (χ4n) is 4.93. The van der Waals surface area contributed by atoms with Crippen molar-refractivity contribution in [3.63, 3.8) is 0 Å². The van der Waals surface area contributed by atoms with Crippen LogP contribution in [0.25, 0.3) is 0 Å². The first-order valence-corrected chi connectivity index (χ1v) is 13.0. The minimum atomic E-state index is -1.33. The van der Waals surface area contributed by atoms with Crippen LogP contribution in [0.3, 0.4) is 0 Å². The van der Waals surface area contributed by atoms with Gasteiger partial charge in [-0.3, -0.25) is 4.90 Å². The number of nitrogens with zero attached hydrogens (tertiary/aromatic N) is 1. The molecule has 1 N–H and O–H groups in total. The van der Waals surface area contributed by atoms with E-state index in [-0.39, 0.29) is 5.92 Å². The Morgan fingerprint density at radius 3 is 2.25 bits per heavy atom. The Morgan fingerprint density at radius 1 is 0.917 bits per heavy atom. The molecule has 0 amide bonds. The van der Waals surface area contributed by atoms with Crippen molar-refractivity contribution in [2.75, 3.05) is 46.6 Å². The van der Waals surface area contributed by atoms with Crippen molar-refractivity contribution in [1.29, 1.82) is 0 Å². The van der Waals surface area contributed by atoms with Gasteiger partial charge in [0.15, 0.2) is 0 Å². The molecule has 1 heterocycles. The number of methoxy groups -OCH3 is 1. The third-order valence-electron chi connectivity index (χ3n) is 7.03. The molecule has 3 aromatic rings. The van der Waals surface area contributed by atoms with Crippen LogP contribution in [0.15, 0.2) is 78.9 Å². The Balaban J connectivity index is 1.78. The van der Waals surface area contributed by atoms with Crippen molar-refractivity contribution in [3.8, 4) is 11.5 Å². The number of para-hydroxylation sites is 1. The lowest BCUT2D eigenvalue weighted by molar-refractivity contribution is -0.000154. The van der Waals surface area contributed by atoms with Crippen LogP contribution in [0.1, 0.15) is 42.9 Å². The average molecular weight is 490 g/mol. The minimum Gasteiger partial charge on any atom is -0.496 e. The molecule has 0 bridgehead atoms. The Bertz CT molecular complexity index is 1060. The van der Waals surface area contributed by atoms with Crippen molar-refractivity contribution in [1.82, 2.24) is 4.90 Å². The molecule has 36 heavy (non-hydrogen) atoms. The van der Waals surface area contributed by atoms with Crippen molar-refractivity contribution < 1.29 is 19.3 Å². The van der Waals surface area contributed by atoms with Crippen LogP contribution in [0.5, 0.6) is 11.5 Å². The number of rotatable bonds is 11. The zero-order chi connectivity index (χ0) is 25.4. The summed E-state index contributed by atoms with van der Waals surface area (Å²) in [6.45, 7) is 8.85. The van der Waals surface area contributed by atoms with Gasteiger partial charge in [-0.2, -0.15) is 0 Å². The lowest BCUT2D eigenvalue weighted by Gasteiger charge is -2.41.